The zero-order valence-corrected chi connectivity index (χ0v) is 15.8. The van der Waals surface area contributed by atoms with Crippen molar-refractivity contribution in [1.29, 1.82) is 0 Å². The standard InChI is InChI=1S/C20H29N3O3/c1-15-7-8-18-17(12-15)23(20(25)14-26-18)13-19(24)21-9-5-11-22-10-4-3-6-16(22)2/h7-8,12,16H,3-6,9-11,13-14H2,1-2H3,(H,21,24)/p+1/t16-/m1/s1. The minimum atomic E-state index is -0.176. The Morgan fingerprint density at radius 3 is 3.04 bits per heavy atom. The molecule has 2 N–H and O–H groups in total. The summed E-state index contributed by atoms with van der Waals surface area (Å²) in [5, 5.41) is 2.96. The molecule has 0 aromatic heterocycles. The Balaban J connectivity index is 1.47. The number of amides is 2. The van der Waals surface area contributed by atoms with Crippen molar-refractivity contribution in [3.63, 3.8) is 0 Å². The average molecular weight is 360 g/mol. The number of nitrogens with zero attached hydrogens (tertiary/aromatic N) is 1. The molecular weight excluding hydrogens is 330 g/mol. The molecule has 6 heteroatoms. The number of rotatable bonds is 6. The van der Waals surface area contributed by atoms with E-state index in [2.05, 4.69) is 12.2 Å². The lowest BCUT2D eigenvalue weighted by Crippen LogP contribution is -3.16. The Labute approximate surface area is 155 Å². The van der Waals surface area contributed by atoms with Gasteiger partial charge in [0.25, 0.3) is 5.91 Å². The summed E-state index contributed by atoms with van der Waals surface area (Å²) >= 11 is 0. The average Bonchev–Trinajstić information content (AvgIpc) is 2.62. The van der Waals surface area contributed by atoms with Gasteiger partial charge in [0.15, 0.2) is 6.61 Å². The fourth-order valence-electron chi connectivity index (χ4n) is 3.85. The van der Waals surface area contributed by atoms with Gasteiger partial charge >= 0.3 is 0 Å². The number of nitrogens with one attached hydrogen (secondary N) is 2. The van der Waals surface area contributed by atoms with Gasteiger partial charge in [-0.3, -0.25) is 14.5 Å². The lowest BCUT2D eigenvalue weighted by molar-refractivity contribution is -0.928. The molecule has 1 unspecified atom stereocenters. The van der Waals surface area contributed by atoms with Crippen LogP contribution in [-0.2, 0) is 9.59 Å². The summed E-state index contributed by atoms with van der Waals surface area (Å²) in [7, 11) is 0. The van der Waals surface area contributed by atoms with Crippen LogP contribution >= 0.6 is 0 Å². The van der Waals surface area contributed by atoms with Gasteiger partial charge in [-0.15, -0.1) is 0 Å². The fourth-order valence-corrected chi connectivity index (χ4v) is 3.85. The molecule has 1 saturated heterocycles. The molecule has 2 heterocycles. The minimum absolute atomic E-state index is 0.0143. The van der Waals surface area contributed by atoms with Crippen molar-refractivity contribution in [3.05, 3.63) is 23.8 Å². The monoisotopic (exact) mass is 360 g/mol. The van der Waals surface area contributed by atoms with Crippen LogP contribution in [0.4, 0.5) is 5.69 Å². The van der Waals surface area contributed by atoms with Crippen LogP contribution in [0.15, 0.2) is 18.2 Å². The molecule has 2 atom stereocenters. The normalized spacial score (nSPS) is 22.5. The van der Waals surface area contributed by atoms with Crippen LogP contribution in [0.25, 0.3) is 0 Å². The summed E-state index contributed by atoms with van der Waals surface area (Å²) in [5.74, 6) is 0.366. The summed E-state index contributed by atoms with van der Waals surface area (Å²) < 4.78 is 5.45. The molecule has 0 radical (unpaired) electrons. The highest BCUT2D eigenvalue weighted by molar-refractivity contribution is 6.02. The molecule has 0 spiro atoms. The van der Waals surface area contributed by atoms with Gasteiger partial charge in [-0.05, 0) is 50.8 Å². The molecule has 3 rings (SSSR count). The maximum Gasteiger partial charge on any atom is 0.265 e. The Hall–Kier alpha value is -2.08. The summed E-state index contributed by atoms with van der Waals surface area (Å²) in [4.78, 5) is 27.7. The first-order valence-electron chi connectivity index (χ1n) is 9.69. The maximum atomic E-state index is 12.3. The van der Waals surface area contributed by atoms with Crippen molar-refractivity contribution in [2.24, 2.45) is 0 Å². The predicted octanol–water partition coefficient (Wildman–Crippen LogP) is 0.684. The molecule has 2 aliphatic heterocycles. The van der Waals surface area contributed by atoms with Crippen LogP contribution in [0.5, 0.6) is 5.75 Å². The van der Waals surface area contributed by atoms with Crippen LogP contribution in [0.3, 0.4) is 0 Å². The number of aryl methyl sites for hydroxylation is 1. The van der Waals surface area contributed by atoms with Crippen molar-refractivity contribution in [2.45, 2.75) is 45.6 Å². The number of quaternary nitrogens is 1. The van der Waals surface area contributed by atoms with Crippen molar-refractivity contribution >= 4 is 17.5 Å². The van der Waals surface area contributed by atoms with Gasteiger partial charge in [-0.2, -0.15) is 0 Å². The number of hydrogen-bond acceptors (Lipinski definition) is 3. The van der Waals surface area contributed by atoms with E-state index in [9.17, 15) is 9.59 Å². The molecule has 0 aliphatic carbocycles. The molecule has 26 heavy (non-hydrogen) atoms. The SMILES string of the molecule is Cc1ccc2c(c1)N(CC(=O)NCCC[NH+]1CCCC[C@H]1C)C(=O)CO2. The van der Waals surface area contributed by atoms with E-state index in [1.807, 2.05) is 25.1 Å². The molecule has 1 aromatic carbocycles. The molecule has 1 fully saturated rings. The second-order valence-electron chi connectivity index (χ2n) is 7.50. The first-order valence-corrected chi connectivity index (χ1v) is 9.69. The molecule has 0 saturated carbocycles. The van der Waals surface area contributed by atoms with E-state index in [0.717, 1.165) is 24.6 Å². The number of hydrogen-bond donors (Lipinski definition) is 2. The highest BCUT2D eigenvalue weighted by Crippen LogP contribution is 2.32. The first kappa shape index (κ1) is 18.7. The molecule has 2 amide bonds. The molecule has 6 nitrogen and oxygen atoms in total. The molecular formula is C20H30N3O3+. The number of likely N-dealkylation sites (tertiary alicyclic amines) is 1. The van der Waals surface area contributed by atoms with E-state index in [0.29, 0.717) is 18.0 Å². The zero-order chi connectivity index (χ0) is 18.5. The largest absolute Gasteiger partial charge is 0.482 e. The van der Waals surface area contributed by atoms with E-state index in [-0.39, 0.29) is 25.0 Å². The second-order valence-corrected chi connectivity index (χ2v) is 7.50. The van der Waals surface area contributed by atoms with E-state index >= 15 is 0 Å². The fraction of sp³-hybridized carbons (Fsp3) is 0.600. The van der Waals surface area contributed by atoms with Gasteiger partial charge in [-0.25, -0.2) is 0 Å². The quantitative estimate of drug-likeness (QED) is 0.734. The first-order chi connectivity index (χ1) is 12.5. The highest BCUT2D eigenvalue weighted by Gasteiger charge is 2.27. The van der Waals surface area contributed by atoms with Crippen LogP contribution in [0.2, 0.25) is 0 Å². The number of carbonyl (C=O) groups excluding carboxylic acids is 2. The Kier molecular flexibility index (Phi) is 6.14. The van der Waals surface area contributed by atoms with E-state index in [1.165, 1.54) is 30.7 Å². The molecule has 0 bridgehead atoms. The van der Waals surface area contributed by atoms with Crippen molar-refractivity contribution in [3.8, 4) is 5.75 Å². The summed E-state index contributed by atoms with van der Waals surface area (Å²) in [5.41, 5.74) is 1.72. The minimum Gasteiger partial charge on any atom is -0.482 e. The van der Waals surface area contributed by atoms with Crippen LogP contribution in [-0.4, -0.2) is 50.6 Å². The van der Waals surface area contributed by atoms with E-state index in [1.54, 1.807) is 4.90 Å². The van der Waals surface area contributed by atoms with Crippen LogP contribution in [0.1, 0.15) is 38.2 Å². The maximum absolute atomic E-state index is 12.3. The van der Waals surface area contributed by atoms with Gasteiger partial charge in [0.05, 0.1) is 24.8 Å². The summed E-state index contributed by atoms with van der Waals surface area (Å²) in [6.07, 6.45) is 4.93. The number of anilines is 1. The van der Waals surface area contributed by atoms with Gasteiger partial charge in [-0.1, -0.05) is 6.07 Å². The predicted molar refractivity (Wildman–Crippen MR) is 101 cm³/mol. The van der Waals surface area contributed by atoms with Crippen molar-refractivity contribution in [2.75, 3.05) is 37.7 Å². The van der Waals surface area contributed by atoms with Gasteiger partial charge in [0, 0.05) is 13.0 Å². The molecule has 142 valence electrons. The summed E-state index contributed by atoms with van der Waals surface area (Å²) in [6, 6.07) is 6.41. The third-order valence-corrected chi connectivity index (χ3v) is 5.44. The molecule has 2 aliphatic rings. The van der Waals surface area contributed by atoms with Crippen LogP contribution in [0, 0.1) is 6.92 Å². The lowest BCUT2D eigenvalue weighted by atomic mass is 10.0. The van der Waals surface area contributed by atoms with Gasteiger partial charge in [0.2, 0.25) is 5.91 Å². The Bertz CT molecular complexity index is 662. The number of ether oxygens (including phenoxy) is 1. The molecule has 1 aromatic rings. The van der Waals surface area contributed by atoms with E-state index in [4.69, 9.17) is 4.74 Å². The van der Waals surface area contributed by atoms with Crippen LogP contribution < -0.4 is 19.9 Å². The van der Waals surface area contributed by atoms with E-state index < -0.39 is 0 Å². The lowest BCUT2D eigenvalue weighted by Gasteiger charge is -2.30. The third kappa shape index (κ3) is 4.55. The number of carbonyl (C=O) groups is 2. The van der Waals surface area contributed by atoms with Gasteiger partial charge in [0.1, 0.15) is 12.3 Å². The topological polar surface area (TPSA) is 63.1 Å². The number of fused-ring (bicyclic) bond motifs is 1. The highest BCUT2D eigenvalue weighted by atomic mass is 16.5. The summed E-state index contributed by atoms with van der Waals surface area (Å²) in [6.45, 7) is 7.31. The third-order valence-electron chi connectivity index (χ3n) is 5.44. The second kappa shape index (κ2) is 8.54. The Morgan fingerprint density at radius 1 is 1.38 bits per heavy atom. The van der Waals surface area contributed by atoms with Crippen molar-refractivity contribution in [1.82, 2.24) is 5.32 Å². The number of piperidine rings is 1. The Morgan fingerprint density at radius 2 is 2.23 bits per heavy atom. The zero-order valence-electron chi connectivity index (χ0n) is 15.8. The number of benzene rings is 1. The van der Waals surface area contributed by atoms with Gasteiger partial charge < -0.3 is 15.0 Å². The van der Waals surface area contributed by atoms with Crippen molar-refractivity contribution < 1.29 is 19.2 Å². The smallest absolute Gasteiger partial charge is 0.265 e.